The number of nitrogens with one attached hydrogen (secondary N) is 1. The minimum absolute atomic E-state index is 0.0634. The molecule has 61 heavy (non-hydrogen) atoms. The fraction of sp³-hybridized carbons (Fsp3) is 0.318. The Morgan fingerprint density at radius 1 is 0.836 bits per heavy atom. The van der Waals surface area contributed by atoms with Gasteiger partial charge in [-0.05, 0) is 75.1 Å². The maximum atomic E-state index is 13.6. The SMILES string of the molecule is Cc1nnc2n1-c1ccc(-c3cnn(CCCCCCn4cc(CN(C)c5cccc6c5C(=O)N(C5CCC(=O)NC5=O)C6=O)nn4)c3)cc1C(c1ccc(Cl)cc1)=N[C@H]2C. The number of piperidine rings is 1. The van der Waals surface area contributed by atoms with Crippen LogP contribution in [0.5, 0.6) is 0 Å². The van der Waals surface area contributed by atoms with Crippen molar-refractivity contribution in [3.8, 4) is 16.8 Å². The lowest BCUT2D eigenvalue weighted by Crippen LogP contribution is -2.54. The van der Waals surface area contributed by atoms with Crippen LogP contribution in [0.4, 0.5) is 5.69 Å². The number of carbonyl (C=O) groups excluding carboxylic acids is 4. The molecule has 2 atom stereocenters. The summed E-state index contributed by atoms with van der Waals surface area (Å²) in [7, 11) is 1.82. The molecule has 9 rings (SSSR count). The normalized spacial score (nSPS) is 17.2. The Balaban J connectivity index is 0.782. The molecule has 1 saturated heterocycles. The average Bonchev–Trinajstić information content (AvgIpc) is 4.04. The van der Waals surface area contributed by atoms with Gasteiger partial charge in [0, 0.05) is 54.5 Å². The van der Waals surface area contributed by atoms with Gasteiger partial charge < -0.3 is 4.90 Å². The van der Waals surface area contributed by atoms with Crippen molar-refractivity contribution in [2.75, 3.05) is 11.9 Å². The maximum Gasteiger partial charge on any atom is 0.264 e. The molecule has 3 aromatic carbocycles. The largest absolute Gasteiger partial charge is 0.368 e. The van der Waals surface area contributed by atoms with E-state index in [1.54, 1.807) is 18.2 Å². The van der Waals surface area contributed by atoms with Gasteiger partial charge in [0.1, 0.15) is 23.6 Å². The third kappa shape index (κ3) is 7.63. The van der Waals surface area contributed by atoms with Crippen LogP contribution < -0.4 is 10.2 Å². The highest BCUT2D eigenvalue weighted by Crippen LogP contribution is 2.36. The molecule has 0 spiro atoms. The van der Waals surface area contributed by atoms with Gasteiger partial charge in [0.2, 0.25) is 11.8 Å². The Labute approximate surface area is 356 Å². The highest BCUT2D eigenvalue weighted by Gasteiger charge is 2.46. The number of hydrogen-bond donors (Lipinski definition) is 1. The van der Waals surface area contributed by atoms with Crippen LogP contribution in [0.25, 0.3) is 16.8 Å². The molecule has 17 heteroatoms. The van der Waals surface area contributed by atoms with Crippen LogP contribution in [-0.2, 0) is 29.2 Å². The zero-order valence-corrected chi connectivity index (χ0v) is 34.7. The number of amides is 4. The van der Waals surface area contributed by atoms with Crippen LogP contribution in [0, 0.1) is 6.92 Å². The summed E-state index contributed by atoms with van der Waals surface area (Å²) in [6.45, 7) is 5.86. The first-order valence-electron chi connectivity index (χ1n) is 20.4. The monoisotopic (exact) mass is 838 g/mol. The molecule has 16 nitrogen and oxygen atoms in total. The van der Waals surface area contributed by atoms with Crippen LogP contribution in [-0.4, -0.2) is 86.9 Å². The highest BCUT2D eigenvalue weighted by molar-refractivity contribution is 6.30. The second-order valence-electron chi connectivity index (χ2n) is 15.7. The lowest BCUT2D eigenvalue weighted by Gasteiger charge is -2.28. The molecule has 4 amide bonds. The lowest BCUT2D eigenvalue weighted by atomic mass is 9.96. The van der Waals surface area contributed by atoms with Gasteiger partial charge in [0.05, 0.1) is 47.2 Å². The zero-order valence-electron chi connectivity index (χ0n) is 34.0. The van der Waals surface area contributed by atoms with Crippen LogP contribution in [0.15, 0.2) is 84.2 Å². The van der Waals surface area contributed by atoms with Gasteiger partial charge in [0.15, 0.2) is 5.82 Å². The highest BCUT2D eigenvalue weighted by atomic mass is 35.5. The van der Waals surface area contributed by atoms with E-state index < -0.39 is 29.7 Å². The molecule has 6 aromatic rings. The number of aromatic nitrogens is 8. The fourth-order valence-electron chi connectivity index (χ4n) is 8.41. The van der Waals surface area contributed by atoms with Gasteiger partial charge in [-0.25, -0.2) is 0 Å². The van der Waals surface area contributed by atoms with Gasteiger partial charge in [-0.1, -0.05) is 53.9 Å². The Morgan fingerprint density at radius 2 is 1.61 bits per heavy atom. The summed E-state index contributed by atoms with van der Waals surface area (Å²) < 4.78 is 5.92. The van der Waals surface area contributed by atoms with E-state index in [0.717, 1.165) is 82.4 Å². The van der Waals surface area contributed by atoms with Crippen molar-refractivity contribution in [3.05, 3.63) is 124 Å². The first kappa shape index (κ1) is 39.6. The van der Waals surface area contributed by atoms with E-state index in [4.69, 9.17) is 21.7 Å². The molecule has 0 aliphatic carbocycles. The number of hydrogen-bond acceptors (Lipinski definition) is 11. The second kappa shape index (κ2) is 16.3. The number of anilines is 1. The number of halogens is 1. The van der Waals surface area contributed by atoms with E-state index in [9.17, 15) is 19.2 Å². The zero-order chi connectivity index (χ0) is 42.4. The van der Waals surface area contributed by atoms with E-state index in [1.165, 1.54) is 0 Å². The summed E-state index contributed by atoms with van der Waals surface area (Å²) in [6, 6.07) is 18.0. The van der Waals surface area contributed by atoms with Gasteiger partial charge >= 0.3 is 0 Å². The summed E-state index contributed by atoms with van der Waals surface area (Å²) in [5, 5.41) is 25.1. The standard InChI is InChI=1S/C44H43ClN12O4/c1-26-41-51-49-27(2)56(41)35-16-13-29(21-34(35)40(47-26)28-11-14-31(45)15-12-28)30-22-46-54(23-30)19-6-4-5-7-20-55-25-32(50-52-55)24-53(3)36-10-8-9-33-39(36)44(61)57(43(33)60)37-17-18-38(58)48-42(37)59/h8-16,21-23,25-26,37H,4-7,17-20,24H2,1-3H3,(H,48,58,59)/t26-,37?/m0/s1. The number of benzene rings is 3. The van der Waals surface area contributed by atoms with Crippen molar-refractivity contribution < 1.29 is 19.2 Å². The topological polar surface area (TPSA) is 178 Å². The number of aliphatic imine (C=N–C) groups is 1. The van der Waals surface area contributed by atoms with Crippen molar-refractivity contribution >= 4 is 46.6 Å². The maximum absolute atomic E-state index is 13.6. The summed E-state index contributed by atoms with van der Waals surface area (Å²) in [5.74, 6) is -0.528. The molecule has 0 saturated carbocycles. The van der Waals surface area contributed by atoms with Crippen molar-refractivity contribution in [3.63, 3.8) is 0 Å². The number of imide groups is 2. The van der Waals surface area contributed by atoms with E-state index >= 15 is 0 Å². The predicted molar refractivity (Wildman–Crippen MR) is 227 cm³/mol. The summed E-state index contributed by atoms with van der Waals surface area (Å²) in [4.78, 5) is 59.0. The Hall–Kier alpha value is -6.81. The average molecular weight is 839 g/mol. The summed E-state index contributed by atoms with van der Waals surface area (Å²) in [5.41, 5.74) is 7.62. The smallest absolute Gasteiger partial charge is 0.264 e. The van der Waals surface area contributed by atoms with Gasteiger partial charge in [-0.2, -0.15) is 5.10 Å². The molecule has 1 fully saturated rings. The van der Waals surface area contributed by atoms with E-state index in [1.807, 2.05) is 71.8 Å². The van der Waals surface area contributed by atoms with Crippen molar-refractivity contribution in [1.82, 2.24) is 49.8 Å². The van der Waals surface area contributed by atoms with Crippen LogP contribution in [0.1, 0.15) is 101 Å². The van der Waals surface area contributed by atoms with Crippen molar-refractivity contribution in [2.24, 2.45) is 4.99 Å². The fourth-order valence-corrected chi connectivity index (χ4v) is 8.53. The number of nitrogens with zero attached hydrogens (tertiary/aromatic N) is 11. The van der Waals surface area contributed by atoms with Crippen molar-refractivity contribution in [1.29, 1.82) is 0 Å². The van der Waals surface area contributed by atoms with Gasteiger partial charge in [-0.3, -0.25) is 48.3 Å². The Bertz CT molecular complexity index is 2730. The molecule has 0 bridgehead atoms. The minimum atomic E-state index is -1.02. The molecule has 3 aliphatic heterocycles. The third-order valence-electron chi connectivity index (χ3n) is 11.5. The van der Waals surface area contributed by atoms with Crippen LogP contribution >= 0.6 is 11.6 Å². The quantitative estimate of drug-likeness (QED) is 0.109. The number of aryl methyl sites for hydroxylation is 3. The minimum Gasteiger partial charge on any atom is -0.368 e. The molecule has 0 radical (unpaired) electrons. The van der Waals surface area contributed by atoms with E-state index in [2.05, 4.69) is 54.8 Å². The number of rotatable bonds is 13. The molecular weight excluding hydrogens is 796 g/mol. The van der Waals surface area contributed by atoms with Crippen LogP contribution in [0.3, 0.4) is 0 Å². The predicted octanol–water partition coefficient (Wildman–Crippen LogP) is 5.89. The third-order valence-corrected chi connectivity index (χ3v) is 11.7. The van der Waals surface area contributed by atoms with E-state index in [-0.39, 0.29) is 30.0 Å². The molecule has 3 aromatic heterocycles. The Kier molecular flexibility index (Phi) is 10.6. The Morgan fingerprint density at radius 3 is 2.39 bits per heavy atom. The van der Waals surface area contributed by atoms with Crippen LogP contribution in [0.2, 0.25) is 5.02 Å². The molecule has 1 unspecified atom stereocenters. The first-order chi connectivity index (χ1) is 29.5. The van der Waals surface area contributed by atoms with E-state index in [0.29, 0.717) is 29.5 Å². The molecule has 6 heterocycles. The first-order valence-corrected chi connectivity index (χ1v) is 20.8. The van der Waals surface area contributed by atoms with Crippen molar-refractivity contribution in [2.45, 2.75) is 84.1 Å². The number of fused-ring (bicyclic) bond motifs is 4. The molecule has 3 aliphatic rings. The summed E-state index contributed by atoms with van der Waals surface area (Å²) in [6.07, 6.45) is 10.0. The summed E-state index contributed by atoms with van der Waals surface area (Å²) >= 11 is 6.25. The molecular formula is C44H43ClN12O4. The molecule has 1 N–H and O–H groups in total. The second-order valence-corrected chi connectivity index (χ2v) is 16.2. The van der Waals surface area contributed by atoms with Gasteiger partial charge in [-0.15, -0.1) is 15.3 Å². The lowest BCUT2D eigenvalue weighted by molar-refractivity contribution is -0.136. The van der Waals surface area contributed by atoms with Gasteiger partial charge in [0.25, 0.3) is 11.8 Å². The number of unbranched alkanes of at least 4 members (excludes halogenated alkanes) is 3. The number of carbonyl (C=O) groups is 4. The molecule has 310 valence electrons.